The van der Waals surface area contributed by atoms with Crippen LogP contribution in [0.1, 0.15) is 11.1 Å². The molecular formula is C11H9F3O2. The zero-order chi connectivity index (χ0) is 11.9. The molecule has 0 fully saturated rings. The summed E-state index contributed by atoms with van der Waals surface area (Å²) in [5, 5.41) is 0. The Morgan fingerprint density at radius 1 is 1.38 bits per heavy atom. The van der Waals surface area contributed by atoms with E-state index in [0.717, 1.165) is 5.56 Å². The smallest absolute Gasteiger partial charge is 0.402 e. The molecule has 2 nitrogen and oxygen atoms in total. The van der Waals surface area contributed by atoms with Gasteiger partial charge in [-0.25, -0.2) is 0 Å². The SMILES string of the molecule is Cc1ccc2c(c1)CC(C(F)(F)F)C(=O)O2. The number of fused-ring (bicyclic) bond motifs is 1. The Hall–Kier alpha value is -1.52. The van der Waals surface area contributed by atoms with Crippen LogP contribution in [0, 0.1) is 12.8 Å². The summed E-state index contributed by atoms with van der Waals surface area (Å²) in [6, 6.07) is 4.83. The molecule has 1 aromatic carbocycles. The molecule has 2 rings (SSSR count). The molecule has 1 atom stereocenters. The van der Waals surface area contributed by atoms with E-state index in [9.17, 15) is 18.0 Å². The fourth-order valence-corrected chi connectivity index (χ4v) is 1.70. The summed E-state index contributed by atoms with van der Waals surface area (Å²) >= 11 is 0. The first-order chi connectivity index (χ1) is 7.38. The number of rotatable bonds is 0. The fourth-order valence-electron chi connectivity index (χ4n) is 1.70. The maximum Gasteiger partial charge on any atom is 0.402 e. The number of aryl methyl sites for hydroxylation is 1. The minimum atomic E-state index is -4.54. The van der Waals surface area contributed by atoms with Crippen LogP contribution in [-0.4, -0.2) is 12.1 Å². The summed E-state index contributed by atoms with van der Waals surface area (Å²) < 4.78 is 42.1. The number of benzene rings is 1. The van der Waals surface area contributed by atoms with E-state index in [1.54, 1.807) is 19.1 Å². The summed E-state index contributed by atoms with van der Waals surface area (Å²) in [5.41, 5.74) is 1.28. The molecule has 16 heavy (non-hydrogen) atoms. The topological polar surface area (TPSA) is 26.3 Å². The summed E-state index contributed by atoms with van der Waals surface area (Å²) in [4.78, 5) is 11.1. The Morgan fingerprint density at radius 3 is 2.69 bits per heavy atom. The Morgan fingerprint density at radius 2 is 2.06 bits per heavy atom. The highest BCUT2D eigenvalue weighted by Crippen LogP contribution is 2.37. The van der Waals surface area contributed by atoms with Gasteiger partial charge in [-0.1, -0.05) is 17.7 Å². The second-order valence-electron chi connectivity index (χ2n) is 3.83. The predicted molar refractivity (Wildman–Crippen MR) is 50.1 cm³/mol. The monoisotopic (exact) mass is 230 g/mol. The highest BCUT2D eigenvalue weighted by molar-refractivity contribution is 5.78. The average Bonchev–Trinajstić information content (AvgIpc) is 2.16. The second-order valence-corrected chi connectivity index (χ2v) is 3.83. The van der Waals surface area contributed by atoms with Crippen molar-refractivity contribution in [3.8, 4) is 5.75 Å². The van der Waals surface area contributed by atoms with Crippen molar-refractivity contribution in [1.82, 2.24) is 0 Å². The van der Waals surface area contributed by atoms with Crippen molar-refractivity contribution in [2.75, 3.05) is 0 Å². The lowest BCUT2D eigenvalue weighted by molar-refractivity contribution is -0.193. The normalized spacial score (nSPS) is 20.2. The number of hydrogen-bond acceptors (Lipinski definition) is 2. The molecule has 0 saturated heterocycles. The van der Waals surface area contributed by atoms with E-state index in [1.807, 2.05) is 0 Å². The molecule has 86 valence electrons. The maximum absolute atomic E-state index is 12.5. The van der Waals surface area contributed by atoms with Crippen molar-refractivity contribution < 1.29 is 22.7 Å². The van der Waals surface area contributed by atoms with Crippen LogP contribution in [0.2, 0.25) is 0 Å². The lowest BCUT2D eigenvalue weighted by Gasteiger charge is -2.25. The number of esters is 1. The third kappa shape index (κ3) is 1.89. The van der Waals surface area contributed by atoms with Crippen LogP contribution in [0.25, 0.3) is 0 Å². The van der Waals surface area contributed by atoms with Gasteiger partial charge in [0.25, 0.3) is 0 Å². The van der Waals surface area contributed by atoms with Gasteiger partial charge in [0, 0.05) is 0 Å². The molecule has 1 aromatic rings. The standard InChI is InChI=1S/C11H9F3O2/c1-6-2-3-9-7(4-6)5-8(10(15)16-9)11(12,13)14/h2-4,8H,5H2,1H3. The van der Waals surface area contributed by atoms with E-state index in [1.165, 1.54) is 6.07 Å². The molecule has 1 heterocycles. The first kappa shape index (κ1) is 11.0. The van der Waals surface area contributed by atoms with Gasteiger partial charge in [-0.2, -0.15) is 13.2 Å². The zero-order valence-electron chi connectivity index (χ0n) is 8.47. The minimum Gasteiger partial charge on any atom is -0.426 e. The van der Waals surface area contributed by atoms with Crippen LogP contribution >= 0.6 is 0 Å². The van der Waals surface area contributed by atoms with Gasteiger partial charge in [0.2, 0.25) is 0 Å². The van der Waals surface area contributed by atoms with E-state index in [0.29, 0.717) is 5.56 Å². The lowest BCUT2D eigenvalue weighted by Crippen LogP contribution is -2.38. The number of alkyl halides is 3. The summed E-state index contributed by atoms with van der Waals surface area (Å²) in [7, 11) is 0. The largest absolute Gasteiger partial charge is 0.426 e. The first-order valence-corrected chi connectivity index (χ1v) is 4.76. The Labute approximate surface area is 90.0 Å². The summed E-state index contributed by atoms with van der Waals surface area (Å²) in [5.74, 6) is -3.03. The van der Waals surface area contributed by atoms with Gasteiger partial charge < -0.3 is 4.74 Å². The first-order valence-electron chi connectivity index (χ1n) is 4.76. The Bertz CT molecular complexity index is 437. The molecule has 0 spiro atoms. The van der Waals surface area contributed by atoms with Crippen LogP contribution in [0.15, 0.2) is 18.2 Å². The third-order valence-electron chi connectivity index (χ3n) is 2.53. The Kier molecular flexibility index (Phi) is 2.40. The highest BCUT2D eigenvalue weighted by Gasteiger charge is 2.48. The third-order valence-corrected chi connectivity index (χ3v) is 2.53. The number of ether oxygens (including phenoxy) is 1. The lowest BCUT2D eigenvalue weighted by atomic mass is 9.94. The van der Waals surface area contributed by atoms with Gasteiger partial charge in [-0.05, 0) is 25.0 Å². The molecule has 0 amide bonds. The van der Waals surface area contributed by atoms with E-state index in [-0.39, 0.29) is 12.2 Å². The molecular weight excluding hydrogens is 221 g/mol. The summed E-state index contributed by atoms with van der Waals surface area (Å²) in [6.45, 7) is 1.78. The van der Waals surface area contributed by atoms with Crippen molar-refractivity contribution >= 4 is 5.97 Å². The van der Waals surface area contributed by atoms with Crippen molar-refractivity contribution in [2.45, 2.75) is 19.5 Å². The molecule has 1 aliphatic heterocycles. The molecule has 0 radical (unpaired) electrons. The minimum absolute atomic E-state index is 0.233. The van der Waals surface area contributed by atoms with Gasteiger partial charge in [-0.3, -0.25) is 4.79 Å². The molecule has 0 N–H and O–H groups in total. The van der Waals surface area contributed by atoms with Crippen LogP contribution in [-0.2, 0) is 11.2 Å². The molecule has 1 unspecified atom stereocenters. The van der Waals surface area contributed by atoms with Crippen molar-refractivity contribution in [3.63, 3.8) is 0 Å². The highest BCUT2D eigenvalue weighted by atomic mass is 19.4. The van der Waals surface area contributed by atoms with Crippen molar-refractivity contribution in [3.05, 3.63) is 29.3 Å². The summed E-state index contributed by atoms with van der Waals surface area (Å²) in [6.07, 6.45) is -4.88. The maximum atomic E-state index is 12.5. The van der Waals surface area contributed by atoms with Crippen LogP contribution in [0.3, 0.4) is 0 Å². The molecule has 0 aromatic heterocycles. The van der Waals surface area contributed by atoms with Gasteiger partial charge >= 0.3 is 12.1 Å². The molecule has 0 bridgehead atoms. The van der Waals surface area contributed by atoms with Gasteiger partial charge in [0.05, 0.1) is 0 Å². The number of carbonyl (C=O) groups excluding carboxylic acids is 1. The molecule has 0 aliphatic carbocycles. The van der Waals surface area contributed by atoms with Gasteiger partial charge in [0.15, 0.2) is 5.92 Å². The van der Waals surface area contributed by atoms with Crippen LogP contribution < -0.4 is 4.74 Å². The predicted octanol–water partition coefficient (Wildman–Crippen LogP) is 2.64. The van der Waals surface area contributed by atoms with Crippen molar-refractivity contribution in [1.29, 1.82) is 0 Å². The quantitative estimate of drug-likeness (QED) is 0.506. The fraction of sp³-hybridized carbons (Fsp3) is 0.364. The van der Waals surface area contributed by atoms with E-state index in [2.05, 4.69) is 4.74 Å². The number of carbonyl (C=O) groups is 1. The second kappa shape index (κ2) is 3.50. The van der Waals surface area contributed by atoms with E-state index >= 15 is 0 Å². The van der Waals surface area contributed by atoms with Gasteiger partial charge in [0.1, 0.15) is 5.75 Å². The molecule has 5 heteroatoms. The van der Waals surface area contributed by atoms with E-state index < -0.39 is 18.1 Å². The average molecular weight is 230 g/mol. The van der Waals surface area contributed by atoms with E-state index in [4.69, 9.17) is 0 Å². The zero-order valence-corrected chi connectivity index (χ0v) is 8.47. The van der Waals surface area contributed by atoms with Crippen LogP contribution in [0.5, 0.6) is 5.75 Å². The van der Waals surface area contributed by atoms with Gasteiger partial charge in [-0.15, -0.1) is 0 Å². The van der Waals surface area contributed by atoms with Crippen molar-refractivity contribution in [2.24, 2.45) is 5.92 Å². The number of hydrogen-bond donors (Lipinski definition) is 0. The Balaban J connectivity index is 2.37. The molecule has 1 aliphatic rings. The molecule has 0 saturated carbocycles. The van der Waals surface area contributed by atoms with Crippen LogP contribution in [0.4, 0.5) is 13.2 Å². The number of halogens is 3.